The van der Waals surface area contributed by atoms with Gasteiger partial charge in [0.15, 0.2) is 0 Å². The number of nitrogens with zero attached hydrogens (tertiary/aromatic N) is 1. The molecule has 0 spiro atoms. The summed E-state index contributed by atoms with van der Waals surface area (Å²) in [6.07, 6.45) is 5.03. The fourth-order valence-electron chi connectivity index (χ4n) is 1.30. The van der Waals surface area contributed by atoms with Gasteiger partial charge in [-0.05, 0) is 30.5 Å². The Morgan fingerprint density at radius 3 is 2.33 bits per heavy atom. The molecule has 5 nitrogen and oxygen atoms in total. The molecule has 0 bridgehead atoms. The highest BCUT2D eigenvalue weighted by Gasteiger charge is 2.05. The topological polar surface area (TPSA) is 65.5 Å². The summed E-state index contributed by atoms with van der Waals surface area (Å²) in [6, 6.07) is 3.58. The molecule has 0 aliphatic carbocycles. The number of hydrogen-bond donors (Lipinski definition) is 1. The average molecular weight is 269 g/mol. The average Bonchev–Trinajstić information content (AvgIpc) is 2.42. The van der Waals surface area contributed by atoms with E-state index < -0.39 is 0 Å². The van der Waals surface area contributed by atoms with Crippen LogP contribution in [0.5, 0.6) is 0 Å². The largest absolute Gasteiger partial charge is 0.461 e. The summed E-state index contributed by atoms with van der Waals surface area (Å²) in [7, 11) is 0. The van der Waals surface area contributed by atoms with Crippen LogP contribution in [0.15, 0.2) is 24.5 Å². The highest BCUT2D eigenvalue weighted by atomic mass is 32.1. The van der Waals surface area contributed by atoms with Crippen molar-refractivity contribution >= 4 is 24.8 Å². The molecular weight excluding hydrogens is 254 g/mol. The quantitative estimate of drug-likeness (QED) is 0.355. The van der Waals surface area contributed by atoms with Gasteiger partial charge in [0, 0.05) is 38.1 Å². The fourth-order valence-corrected chi connectivity index (χ4v) is 1.39. The SMILES string of the molecule is O=C(CCCCC(=O)OCc1ccncc1)OS. The van der Waals surface area contributed by atoms with Crippen LogP contribution in [-0.2, 0) is 25.1 Å². The van der Waals surface area contributed by atoms with Gasteiger partial charge in [-0.3, -0.25) is 14.6 Å². The Labute approximate surface area is 111 Å². The number of pyridine rings is 1. The van der Waals surface area contributed by atoms with E-state index in [0.717, 1.165) is 5.56 Å². The van der Waals surface area contributed by atoms with Gasteiger partial charge in [0.05, 0.1) is 0 Å². The van der Waals surface area contributed by atoms with E-state index in [4.69, 9.17) is 4.74 Å². The van der Waals surface area contributed by atoms with E-state index in [9.17, 15) is 9.59 Å². The second-order valence-corrected chi connectivity index (χ2v) is 3.87. The van der Waals surface area contributed by atoms with Crippen LogP contribution in [0.25, 0.3) is 0 Å². The summed E-state index contributed by atoms with van der Waals surface area (Å²) in [4.78, 5) is 26.0. The van der Waals surface area contributed by atoms with Crippen molar-refractivity contribution < 1.29 is 18.5 Å². The number of carbonyl (C=O) groups is 2. The molecule has 1 rings (SSSR count). The Hall–Kier alpha value is -1.56. The van der Waals surface area contributed by atoms with Gasteiger partial charge in [-0.15, -0.1) is 0 Å². The number of esters is 1. The third kappa shape index (κ3) is 6.24. The zero-order valence-electron chi connectivity index (χ0n) is 9.87. The molecule has 0 aliphatic heterocycles. The minimum absolute atomic E-state index is 0.250. The first-order valence-electron chi connectivity index (χ1n) is 5.61. The number of thiol groups is 1. The van der Waals surface area contributed by atoms with Gasteiger partial charge in [-0.2, -0.15) is 0 Å². The summed E-state index contributed by atoms with van der Waals surface area (Å²) in [6.45, 7) is 0.250. The molecule has 0 radical (unpaired) electrons. The smallest absolute Gasteiger partial charge is 0.317 e. The van der Waals surface area contributed by atoms with E-state index in [-0.39, 0.29) is 25.0 Å². The monoisotopic (exact) mass is 269 g/mol. The minimum Gasteiger partial charge on any atom is -0.461 e. The molecule has 0 aliphatic rings. The lowest BCUT2D eigenvalue weighted by Gasteiger charge is -2.04. The third-order valence-electron chi connectivity index (χ3n) is 2.26. The molecule has 1 aromatic heterocycles. The van der Waals surface area contributed by atoms with E-state index in [1.807, 2.05) is 0 Å². The van der Waals surface area contributed by atoms with Crippen LogP contribution < -0.4 is 0 Å². The van der Waals surface area contributed by atoms with Crippen molar-refractivity contribution in [3.05, 3.63) is 30.1 Å². The predicted molar refractivity (Wildman–Crippen MR) is 67.6 cm³/mol. The van der Waals surface area contributed by atoms with Crippen LogP contribution >= 0.6 is 12.9 Å². The van der Waals surface area contributed by atoms with E-state index in [0.29, 0.717) is 19.3 Å². The molecule has 98 valence electrons. The van der Waals surface area contributed by atoms with E-state index in [1.54, 1.807) is 24.5 Å². The van der Waals surface area contributed by atoms with Gasteiger partial charge in [-0.25, -0.2) is 0 Å². The van der Waals surface area contributed by atoms with Gasteiger partial charge in [0.1, 0.15) is 6.61 Å². The maximum Gasteiger partial charge on any atom is 0.317 e. The van der Waals surface area contributed by atoms with Crippen LogP contribution in [0.3, 0.4) is 0 Å². The molecule has 0 saturated heterocycles. The maximum absolute atomic E-state index is 11.4. The van der Waals surface area contributed by atoms with Crippen LogP contribution in [0.2, 0.25) is 0 Å². The molecule has 0 saturated carbocycles. The number of aromatic nitrogens is 1. The van der Waals surface area contributed by atoms with E-state index in [1.165, 1.54) is 0 Å². The first-order chi connectivity index (χ1) is 8.72. The van der Waals surface area contributed by atoms with Gasteiger partial charge in [0.25, 0.3) is 0 Å². The summed E-state index contributed by atoms with van der Waals surface area (Å²) >= 11 is 3.39. The zero-order chi connectivity index (χ0) is 13.2. The van der Waals surface area contributed by atoms with Crippen LogP contribution in [0.1, 0.15) is 31.2 Å². The Morgan fingerprint density at radius 1 is 1.11 bits per heavy atom. The van der Waals surface area contributed by atoms with Crippen molar-refractivity contribution in [3.8, 4) is 0 Å². The first-order valence-corrected chi connectivity index (χ1v) is 5.97. The third-order valence-corrected chi connectivity index (χ3v) is 2.47. The van der Waals surface area contributed by atoms with E-state index >= 15 is 0 Å². The van der Waals surface area contributed by atoms with Crippen LogP contribution in [0.4, 0.5) is 0 Å². The summed E-state index contributed by atoms with van der Waals surface area (Å²) in [5.74, 6) is -0.658. The molecule has 18 heavy (non-hydrogen) atoms. The minimum atomic E-state index is -0.386. The van der Waals surface area contributed by atoms with Gasteiger partial charge in [0.2, 0.25) is 0 Å². The van der Waals surface area contributed by atoms with Crippen molar-refractivity contribution in [3.63, 3.8) is 0 Å². The van der Waals surface area contributed by atoms with Crippen molar-refractivity contribution in [1.82, 2.24) is 4.98 Å². The van der Waals surface area contributed by atoms with Crippen LogP contribution in [-0.4, -0.2) is 16.9 Å². The molecule has 0 atom stereocenters. The number of ether oxygens (including phenoxy) is 1. The Kier molecular flexibility index (Phi) is 6.86. The Morgan fingerprint density at radius 2 is 1.72 bits per heavy atom. The number of rotatable bonds is 7. The summed E-state index contributed by atoms with van der Waals surface area (Å²) < 4.78 is 9.26. The Bertz CT molecular complexity index is 383. The standard InChI is InChI=1S/C12H15NO4S/c14-11(3-1-2-4-12(15)17-18)16-9-10-5-7-13-8-6-10/h5-8,18H,1-4,9H2. The normalized spacial score (nSPS) is 9.83. The molecule has 1 heterocycles. The number of unbranched alkanes of at least 4 members (excludes halogenated alkanes) is 1. The molecule has 0 N–H and O–H groups in total. The zero-order valence-corrected chi connectivity index (χ0v) is 10.8. The fraction of sp³-hybridized carbons (Fsp3) is 0.417. The van der Waals surface area contributed by atoms with Crippen molar-refractivity contribution in [2.75, 3.05) is 0 Å². The molecule has 6 heteroatoms. The van der Waals surface area contributed by atoms with Crippen molar-refractivity contribution in [1.29, 1.82) is 0 Å². The van der Waals surface area contributed by atoms with Gasteiger partial charge < -0.3 is 8.92 Å². The second-order valence-electron chi connectivity index (χ2n) is 3.69. The van der Waals surface area contributed by atoms with Gasteiger partial charge in [-0.1, -0.05) is 0 Å². The molecular formula is C12H15NO4S. The first kappa shape index (κ1) is 14.5. The second kappa shape index (κ2) is 8.52. The van der Waals surface area contributed by atoms with Crippen molar-refractivity contribution in [2.45, 2.75) is 32.3 Å². The summed E-state index contributed by atoms with van der Waals surface area (Å²) in [5, 5.41) is 0. The lowest BCUT2D eigenvalue weighted by atomic mass is 10.2. The molecule has 0 aromatic carbocycles. The molecule has 0 amide bonds. The molecule has 0 unspecified atom stereocenters. The van der Waals surface area contributed by atoms with Gasteiger partial charge >= 0.3 is 11.9 Å². The van der Waals surface area contributed by atoms with E-state index in [2.05, 4.69) is 22.1 Å². The predicted octanol–water partition coefficient (Wildman–Crippen LogP) is 2.07. The highest BCUT2D eigenvalue weighted by molar-refractivity contribution is 7.75. The highest BCUT2D eigenvalue weighted by Crippen LogP contribution is 2.05. The maximum atomic E-state index is 11.4. The lowest BCUT2D eigenvalue weighted by molar-refractivity contribution is -0.145. The number of hydrogen-bond acceptors (Lipinski definition) is 6. The molecule has 1 aromatic rings. The number of carbonyl (C=O) groups excluding carboxylic acids is 2. The Balaban J connectivity index is 2.09. The van der Waals surface area contributed by atoms with Crippen molar-refractivity contribution in [2.24, 2.45) is 0 Å². The van der Waals surface area contributed by atoms with Crippen LogP contribution in [0, 0.1) is 0 Å². The molecule has 0 fully saturated rings. The lowest BCUT2D eigenvalue weighted by Crippen LogP contribution is -2.05. The summed E-state index contributed by atoms with van der Waals surface area (Å²) in [5.41, 5.74) is 0.900.